The van der Waals surface area contributed by atoms with Gasteiger partial charge in [0.1, 0.15) is 0 Å². The number of aliphatic hydroxyl groups is 1. The summed E-state index contributed by atoms with van der Waals surface area (Å²) in [4.78, 5) is 5.04. The Hall–Kier alpha value is -0.120. The SMILES string of the molecule is CN1CCC(C)(C)N(C2CCCCC2)C(CO)C1. The second-order valence-corrected chi connectivity index (χ2v) is 6.86. The van der Waals surface area contributed by atoms with Crippen LogP contribution < -0.4 is 0 Å². The van der Waals surface area contributed by atoms with Crippen LogP contribution in [-0.4, -0.2) is 59.3 Å². The van der Waals surface area contributed by atoms with Crippen LogP contribution in [0.1, 0.15) is 52.4 Å². The molecule has 1 saturated heterocycles. The number of nitrogens with zero attached hydrogens (tertiary/aromatic N) is 2. The van der Waals surface area contributed by atoms with Gasteiger partial charge in [0, 0.05) is 24.2 Å². The van der Waals surface area contributed by atoms with Gasteiger partial charge in [-0.1, -0.05) is 19.3 Å². The highest BCUT2D eigenvalue weighted by Gasteiger charge is 2.40. The van der Waals surface area contributed by atoms with E-state index >= 15 is 0 Å². The Bertz CT molecular complexity index is 261. The maximum absolute atomic E-state index is 9.80. The molecule has 3 heteroatoms. The summed E-state index contributed by atoms with van der Waals surface area (Å²) in [6, 6.07) is 1.01. The lowest BCUT2D eigenvalue weighted by Gasteiger charge is -2.47. The summed E-state index contributed by atoms with van der Waals surface area (Å²) >= 11 is 0. The lowest BCUT2D eigenvalue weighted by molar-refractivity contribution is -0.00950. The average Bonchev–Trinajstić information content (AvgIpc) is 2.47. The minimum atomic E-state index is 0.222. The van der Waals surface area contributed by atoms with E-state index in [4.69, 9.17) is 0 Å². The minimum Gasteiger partial charge on any atom is -0.395 e. The van der Waals surface area contributed by atoms with Gasteiger partial charge in [-0.25, -0.2) is 0 Å². The molecule has 1 N–H and O–H groups in total. The summed E-state index contributed by atoms with van der Waals surface area (Å²) in [5.41, 5.74) is 0.222. The van der Waals surface area contributed by atoms with Gasteiger partial charge >= 0.3 is 0 Å². The zero-order valence-electron chi connectivity index (χ0n) is 12.4. The molecule has 0 aromatic carbocycles. The van der Waals surface area contributed by atoms with E-state index in [0.717, 1.165) is 13.1 Å². The van der Waals surface area contributed by atoms with Crippen LogP contribution >= 0.6 is 0 Å². The van der Waals surface area contributed by atoms with E-state index in [-0.39, 0.29) is 5.54 Å². The largest absolute Gasteiger partial charge is 0.395 e. The molecule has 2 fully saturated rings. The second-order valence-electron chi connectivity index (χ2n) is 6.86. The van der Waals surface area contributed by atoms with Crippen LogP contribution in [-0.2, 0) is 0 Å². The summed E-state index contributed by atoms with van der Waals surface area (Å²) in [6.45, 7) is 7.18. The molecule has 2 aliphatic rings. The van der Waals surface area contributed by atoms with Crippen LogP contribution in [0, 0.1) is 0 Å². The number of hydrogen-bond acceptors (Lipinski definition) is 3. The molecule has 0 aromatic heterocycles. The molecule has 0 spiro atoms. The fourth-order valence-electron chi connectivity index (χ4n) is 3.92. The smallest absolute Gasteiger partial charge is 0.0599 e. The summed E-state index contributed by atoms with van der Waals surface area (Å²) in [5, 5.41) is 9.80. The maximum atomic E-state index is 9.80. The zero-order chi connectivity index (χ0) is 13.2. The highest BCUT2D eigenvalue weighted by molar-refractivity contribution is 4.95. The van der Waals surface area contributed by atoms with Crippen molar-refractivity contribution in [1.29, 1.82) is 0 Å². The summed E-state index contributed by atoms with van der Waals surface area (Å²) in [6.07, 6.45) is 7.98. The molecule has 1 heterocycles. The van der Waals surface area contributed by atoms with Crippen molar-refractivity contribution >= 4 is 0 Å². The van der Waals surface area contributed by atoms with Gasteiger partial charge in [-0.3, -0.25) is 4.90 Å². The van der Waals surface area contributed by atoms with Crippen molar-refractivity contribution in [3.63, 3.8) is 0 Å². The van der Waals surface area contributed by atoms with Crippen molar-refractivity contribution in [1.82, 2.24) is 9.80 Å². The van der Waals surface area contributed by atoms with Gasteiger partial charge in [0.2, 0.25) is 0 Å². The molecule has 0 aromatic rings. The van der Waals surface area contributed by atoms with Crippen molar-refractivity contribution < 1.29 is 5.11 Å². The van der Waals surface area contributed by atoms with E-state index in [0.29, 0.717) is 18.7 Å². The molecule has 18 heavy (non-hydrogen) atoms. The van der Waals surface area contributed by atoms with Crippen molar-refractivity contribution in [3.05, 3.63) is 0 Å². The molecule has 1 saturated carbocycles. The molecule has 1 unspecified atom stereocenters. The third-order valence-electron chi connectivity index (χ3n) is 4.90. The van der Waals surface area contributed by atoms with Gasteiger partial charge in [0.25, 0.3) is 0 Å². The molecule has 0 bridgehead atoms. The Balaban J connectivity index is 2.18. The highest BCUT2D eigenvalue weighted by atomic mass is 16.3. The molecule has 2 rings (SSSR count). The molecule has 0 amide bonds. The predicted molar refractivity (Wildman–Crippen MR) is 75.8 cm³/mol. The van der Waals surface area contributed by atoms with Gasteiger partial charge in [-0.15, -0.1) is 0 Å². The summed E-state index contributed by atoms with van der Waals surface area (Å²) in [5.74, 6) is 0. The van der Waals surface area contributed by atoms with Crippen molar-refractivity contribution in [3.8, 4) is 0 Å². The third kappa shape index (κ3) is 3.06. The van der Waals surface area contributed by atoms with Gasteiger partial charge in [0.05, 0.1) is 6.61 Å². The maximum Gasteiger partial charge on any atom is 0.0599 e. The Morgan fingerprint density at radius 1 is 1.17 bits per heavy atom. The van der Waals surface area contributed by atoms with Crippen molar-refractivity contribution in [2.75, 3.05) is 26.7 Å². The topological polar surface area (TPSA) is 26.7 Å². The lowest BCUT2D eigenvalue weighted by Crippen LogP contribution is -2.57. The Morgan fingerprint density at radius 3 is 2.44 bits per heavy atom. The second kappa shape index (κ2) is 5.89. The molecule has 3 nitrogen and oxygen atoms in total. The lowest BCUT2D eigenvalue weighted by atomic mass is 9.87. The quantitative estimate of drug-likeness (QED) is 0.817. The first kappa shape index (κ1) is 14.3. The molecule has 1 aliphatic carbocycles. The molecule has 1 aliphatic heterocycles. The fourth-order valence-corrected chi connectivity index (χ4v) is 3.92. The molecule has 0 radical (unpaired) electrons. The number of hydrogen-bond donors (Lipinski definition) is 1. The van der Waals surface area contributed by atoms with Crippen LogP contribution in [0.2, 0.25) is 0 Å². The molecular weight excluding hydrogens is 224 g/mol. The van der Waals surface area contributed by atoms with E-state index < -0.39 is 0 Å². The molecule has 1 atom stereocenters. The predicted octanol–water partition coefficient (Wildman–Crippen LogP) is 2.10. The van der Waals surface area contributed by atoms with Crippen molar-refractivity contribution in [2.45, 2.75) is 70.0 Å². The van der Waals surface area contributed by atoms with Gasteiger partial charge in [0.15, 0.2) is 0 Å². The minimum absolute atomic E-state index is 0.222. The Kier molecular flexibility index (Phi) is 4.68. The zero-order valence-corrected chi connectivity index (χ0v) is 12.4. The van der Waals surface area contributed by atoms with E-state index in [9.17, 15) is 5.11 Å². The van der Waals surface area contributed by atoms with Gasteiger partial charge in [-0.05, 0) is 46.7 Å². The normalized spacial score (nSPS) is 32.3. The average molecular weight is 254 g/mol. The van der Waals surface area contributed by atoms with Crippen LogP contribution in [0.15, 0.2) is 0 Å². The van der Waals surface area contributed by atoms with Crippen LogP contribution in [0.4, 0.5) is 0 Å². The fraction of sp³-hybridized carbons (Fsp3) is 1.00. The highest BCUT2D eigenvalue weighted by Crippen LogP contribution is 2.33. The van der Waals surface area contributed by atoms with Crippen LogP contribution in [0.25, 0.3) is 0 Å². The van der Waals surface area contributed by atoms with Gasteiger partial charge in [-0.2, -0.15) is 0 Å². The van der Waals surface area contributed by atoms with Gasteiger partial charge < -0.3 is 10.0 Å². The third-order valence-corrected chi connectivity index (χ3v) is 4.90. The summed E-state index contributed by atoms with van der Waals surface area (Å²) in [7, 11) is 2.18. The number of aliphatic hydroxyl groups excluding tert-OH is 1. The van der Waals surface area contributed by atoms with E-state index in [1.807, 2.05) is 0 Å². The van der Waals surface area contributed by atoms with E-state index in [2.05, 4.69) is 30.7 Å². The van der Waals surface area contributed by atoms with E-state index in [1.54, 1.807) is 0 Å². The summed E-state index contributed by atoms with van der Waals surface area (Å²) < 4.78 is 0. The van der Waals surface area contributed by atoms with Crippen LogP contribution in [0.3, 0.4) is 0 Å². The number of likely N-dealkylation sites (N-methyl/N-ethyl adjacent to an activating group) is 1. The Morgan fingerprint density at radius 2 is 1.83 bits per heavy atom. The monoisotopic (exact) mass is 254 g/mol. The molecular formula is C15H30N2O. The first-order chi connectivity index (χ1) is 8.54. The Labute approximate surface area is 112 Å². The molecule has 106 valence electrons. The van der Waals surface area contributed by atoms with E-state index in [1.165, 1.54) is 38.5 Å². The number of rotatable bonds is 2. The van der Waals surface area contributed by atoms with Crippen molar-refractivity contribution in [2.24, 2.45) is 0 Å². The first-order valence-electron chi connectivity index (χ1n) is 7.62. The standard InChI is InChI=1S/C15H30N2O/c1-15(2)9-10-16(3)11-14(12-18)17(15)13-7-5-4-6-8-13/h13-14,18H,4-12H2,1-3H3. The first-order valence-corrected chi connectivity index (χ1v) is 7.62. The van der Waals surface area contributed by atoms with Crippen LogP contribution in [0.5, 0.6) is 0 Å².